The van der Waals surface area contributed by atoms with E-state index in [-0.39, 0.29) is 12.4 Å². The molecule has 0 fully saturated rings. The maximum absolute atomic E-state index is 13.9. The maximum Gasteiger partial charge on any atom is 0.138 e. The van der Waals surface area contributed by atoms with Crippen molar-refractivity contribution in [3.05, 3.63) is 57.8 Å². The van der Waals surface area contributed by atoms with Gasteiger partial charge in [-0.3, -0.25) is 0 Å². The van der Waals surface area contributed by atoms with Crippen LogP contribution in [0.2, 0.25) is 0 Å². The molecule has 0 aromatic heterocycles. The predicted molar refractivity (Wildman–Crippen MR) is 84.2 cm³/mol. The van der Waals surface area contributed by atoms with Gasteiger partial charge in [0, 0.05) is 23.7 Å². The van der Waals surface area contributed by atoms with E-state index in [0.29, 0.717) is 17.9 Å². The first-order chi connectivity index (χ1) is 10.2. The molecule has 21 heavy (non-hydrogen) atoms. The number of halogens is 2. The van der Waals surface area contributed by atoms with Gasteiger partial charge in [-0.15, -0.1) is 0 Å². The Kier molecular flexibility index (Phi) is 5.59. The molecule has 1 N–H and O–H groups in total. The summed E-state index contributed by atoms with van der Waals surface area (Å²) in [5.41, 5.74) is 1.50. The van der Waals surface area contributed by atoms with Gasteiger partial charge in [0.1, 0.15) is 23.9 Å². The van der Waals surface area contributed by atoms with Crippen LogP contribution < -0.4 is 14.8 Å². The number of nitrogens with one attached hydrogen (secondary N) is 1. The second-order valence-electron chi connectivity index (χ2n) is 4.50. The molecule has 0 radical (unpaired) electrons. The van der Waals surface area contributed by atoms with Crippen molar-refractivity contribution >= 4 is 15.9 Å². The lowest BCUT2D eigenvalue weighted by Crippen LogP contribution is -2.08. The Hall–Kier alpha value is -1.59. The summed E-state index contributed by atoms with van der Waals surface area (Å²) in [6.45, 7) is 0.842. The molecule has 0 amide bonds. The van der Waals surface area contributed by atoms with Gasteiger partial charge in [0.25, 0.3) is 0 Å². The molecule has 0 aliphatic carbocycles. The lowest BCUT2D eigenvalue weighted by molar-refractivity contribution is 0.293. The summed E-state index contributed by atoms with van der Waals surface area (Å²) < 4.78 is 25.5. The summed E-state index contributed by atoms with van der Waals surface area (Å²) in [6.07, 6.45) is 0. The molecule has 0 bridgehead atoms. The third kappa shape index (κ3) is 3.95. The number of para-hydroxylation sites is 1. The van der Waals surface area contributed by atoms with Crippen molar-refractivity contribution in [3.63, 3.8) is 0 Å². The van der Waals surface area contributed by atoms with Crippen LogP contribution in [0.15, 0.2) is 40.9 Å². The largest absolute Gasteiger partial charge is 0.497 e. The Labute approximate surface area is 132 Å². The Morgan fingerprint density at radius 2 is 2.00 bits per heavy atom. The molecule has 0 heterocycles. The first kappa shape index (κ1) is 15.8. The highest BCUT2D eigenvalue weighted by molar-refractivity contribution is 9.10. The quantitative estimate of drug-likeness (QED) is 0.854. The minimum Gasteiger partial charge on any atom is -0.497 e. The molecule has 5 heteroatoms. The van der Waals surface area contributed by atoms with Gasteiger partial charge in [-0.1, -0.05) is 12.1 Å². The molecule has 2 aromatic rings. The van der Waals surface area contributed by atoms with Gasteiger partial charge in [0.05, 0.1) is 11.6 Å². The molecule has 0 saturated carbocycles. The number of rotatable bonds is 6. The molecule has 0 aliphatic rings. The average Bonchev–Trinajstić information content (AvgIpc) is 2.48. The fourth-order valence-electron chi connectivity index (χ4n) is 1.97. The normalized spacial score (nSPS) is 10.5. The number of benzene rings is 2. The van der Waals surface area contributed by atoms with Crippen molar-refractivity contribution in [2.45, 2.75) is 13.2 Å². The van der Waals surface area contributed by atoms with E-state index in [0.717, 1.165) is 15.8 Å². The van der Waals surface area contributed by atoms with E-state index in [1.54, 1.807) is 12.1 Å². The van der Waals surface area contributed by atoms with Gasteiger partial charge < -0.3 is 14.8 Å². The molecule has 2 rings (SSSR count). The highest BCUT2D eigenvalue weighted by Crippen LogP contribution is 2.30. The van der Waals surface area contributed by atoms with Crippen molar-refractivity contribution in [1.82, 2.24) is 5.32 Å². The van der Waals surface area contributed by atoms with E-state index in [9.17, 15) is 4.39 Å². The highest BCUT2D eigenvalue weighted by Gasteiger charge is 2.10. The van der Waals surface area contributed by atoms with Gasteiger partial charge in [-0.05, 0) is 41.2 Å². The smallest absolute Gasteiger partial charge is 0.138 e. The van der Waals surface area contributed by atoms with Crippen LogP contribution in [0.4, 0.5) is 4.39 Å². The third-order valence-electron chi connectivity index (χ3n) is 3.05. The fourth-order valence-corrected chi connectivity index (χ4v) is 2.49. The van der Waals surface area contributed by atoms with Gasteiger partial charge in [-0.2, -0.15) is 0 Å². The zero-order valence-corrected chi connectivity index (χ0v) is 13.5. The second kappa shape index (κ2) is 7.43. The topological polar surface area (TPSA) is 30.5 Å². The molecule has 112 valence electrons. The molecule has 2 aromatic carbocycles. The molecular weight excluding hydrogens is 337 g/mol. The van der Waals surface area contributed by atoms with Crippen LogP contribution >= 0.6 is 15.9 Å². The monoisotopic (exact) mass is 353 g/mol. The van der Waals surface area contributed by atoms with Crippen molar-refractivity contribution in [3.8, 4) is 11.5 Å². The van der Waals surface area contributed by atoms with Gasteiger partial charge in [0.15, 0.2) is 0 Å². The average molecular weight is 354 g/mol. The van der Waals surface area contributed by atoms with Crippen LogP contribution in [0.25, 0.3) is 0 Å². The predicted octanol–water partition coefficient (Wildman–Crippen LogP) is 3.90. The summed E-state index contributed by atoms with van der Waals surface area (Å²) in [5, 5.41) is 3.08. The number of hydrogen-bond acceptors (Lipinski definition) is 3. The van der Waals surface area contributed by atoms with E-state index >= 15 is 0 Å². The van der Waals surface area contributed by atoms with Gasteiger partial charge >= 0.3 is 0 Å². The van der Waals surface area contributed by atoms with Gasteiger partial charge in [-0.25, -0.2) is 4.39 Å². The number of hydrogen-bond donors (Lipinski definition) is 1. The first-order valence-electron chi connectivity index (χ1n) is 6.53. The van der Waals surface area contributed by atoms with Crippen molar-refractivity contribution < 1.29 is 13.9 Å². The summed E-state index contributed by atoms with van der Waals surface area (Å²) in [5.74, 6) is 0.881. The Morgan fingerprint density at radius 1 is 1.19 bits per heavy atom. The molecule has 0 unspecified atom stereocenters. The zero-order valence-electron chi connectivity index (χ0n) is 12.0. The van der Waals surface area contributed by atoms with Crippen LogP contribution in [0.5, 0.6) is 11.5 Å². The SMILES string of the molecule is CNCc1cccc(Br)c1OCc1ccc(OC)cc1F. The van der Waals surface area contributed by atoms with E-state index < -0.39 is 0 Å². The van der Waals surface area contributed by atoms with Crippen LogP contribution in [0.3, 0.4) is 0 Å². The van der Waals surface area contributed by atoms with E-state index in [1.807, 2.05) is 25.2 Å². The standard InChI is InChI=1S/C16H17BrFNO2/c1-19-9-11-4-3-5-14(17)16(11)21-10-12-6-7-13(20-2)8-15(12)18/h3-8,19H,9-10H2,1-2H3. The summed E-state index contributed by atoms with van der Waals surface area (Å²) in [6, 6.07) is 10.6. The first-order valence-corrected chi connectivity index (χ1v) is 7.32. The molecule has 0 atom stereocenters. The van der Waals surface area contributed by atoms with E-state index in [2.05, 4.69) is 21.2 Å². The number of methoxy groups -OCH3 is 1. The van der Waals surface area contributed by atoms with Crippen molar-refractivity contribution in [1.29, 1.82) is 0 Å². The second-order valence-corrected chi connectivity index (χ2v) is 5.36. The molecule has 0 spiro atoms. The Bertz CT molecular complexity index is 619. The van der Waals surface area contributed by atoms with Crippen molar-refractivity contribution in [2.24, 2.45) is 0 Å². The van der Waals surface area contributed by atoms with Crippen LogP contribution in [-0.2, 0) is 13.2 Å². The van der Waals surface area contributed by atoms with Crippen molar-refractivity contribution in [2.75, 3.05) is 14.2 Å². The summed E-state index contributed by atoms with van der Waals surface area (Å²) >= 11 is 3.47. The molecular formula is C16H17BrFNO2. The van der Waals surface area contributed by atoms with Crippen LogP contribution in [0.1, 0.15) is 11.1 Å². The number of ether oxygens (including phenoxy) is 2. The van der Waals surface area contributed by atoms with E-state index in [4.69, 9.17) is 9.47 Å². The lowest BCUT2D eigenvalue weighted by Gasteiger charge is -2.14. The fraction of sp³-hybridized carbons (Fsp3) is 0.250. The van der Waals surface area contributed by atoms with E-state index in [1.165, 1.54) is 13.2 Å². The lowest BCUT2D eigenvalue weighted by atomic mass is 10.2. The molecule has 0 aliphatic heterocycles. The molecule has 0 saturated heterocycles. The van der Waals surface area contributed by atoms with Gasteiger partial charge in [0.2, 0.25) is 0 Å². The summed E-state index contributed by atoms with van der Waals surface area (Å²) in [4.78, 5) is 0. The van der Waals surface area contributed by atoms with Crippen LogP contribution in [0, 0.1) is 5.82 Å². The van der Waals surface area contributed by atoms with Crippen LogP contribution in [-0.4, -0.2) is 14.2 Å². The maximum atomic E-state index is 13.9. The Morgan fingerprint density at radius 3 is 2.67 bits per heavy atom. The Balaban J connectivity index is 2.16. The molecule has 3 nitrogen and oxygen atoms in total. The minimum absolute atomic E-state index is 0.162. The third-order valence-corrected chi connectivity index (χ3v) is 3.67. The highest BCUT2D eigenvalue weighted by atomic mass is 79.9. The minimum atomic E-state index is -0.337. The summed E-state index contributed by atoms with van der Waals surface area (Å²) in [7, 11) is 3.38. The zero-order chi connectivity index (χ0) is 15.2.